The molecule has 0 aliphatic carbocycles. The first-order chi connectivity index (χ1) is 10.1. The highest BCUT2D eigenvalue weighted by Gasteiger charge is 2.21. The van der Waals surface area contributed by atoms with Gasteiger partial charge in [-0.15, -0.1) is 16.4 Å². The minimum Gasteiger partial charge on any atom is -0.479 e. The Morgan fingerprint density at radius 2 is 2.29 bits per heavy atom. The van der Waals surface area contributed by atoms with Crippen LogP contribution in [0.25, 0.3) is 0 Å². The minimum atomic E-state index is -0.251. The van der Waals surface area contributed by atoms with Crippen molar-refractivity contribution in [2.24, 2.45) is 7.05 Å². The van der Waals surface area contributed by atoms with E-state index in [0.29, 0.717) is 16.6 Å². The number of ether oxygens (including phenoxy) is 1. The van der Waals surface area contributed by atoms with Crippen molar-refractivity contribution in [1.82, 2.24) is 19.7 Å². The van der Waals surface area contributed by atoms with Gasteiger partial charge in [-0.2, -0.15) is 0 Å². The monoisotopic (exact) mass is 307 g/mol. The van der Waals surface area contributed by atoms with Crippen LogP contribution < -0.4 is 10.1 Å². The Labute approximate surface area is 126 Å². The van der Waals surface area contributed by atoms with E-state index in [4.69, 9.17) is 4.74 Å². The largest absolute Gasteiger partial charge is 0.479 e. The highest BCUT2D eigenvalue weighted by Crippen LogP contribution is 2.28. The molecule has 0 atom stereocenters. The van der Waals surface area contributed by atoms with Gasteiger partial charge in [-0.1, -0.05) is 0 Å². The third-order valence-electron chi connectivity index (χ3n) is 3.38. The highest BCUT2D eigenvalue weighted by molar-refractivity contribution is 7.15. The van der Waals surface area contributed by atoms with Crippen LogP contribution in [0.1, 0.15) is 20.9 Å². The maximum absolute atomic E-state index is 12.3. The summed E-state index contributed by atoms with van der Waals surface area (Å²) in [4.78, 5) is 20.3. The van der Waals surface area contributed by atoms with Crippen LogP contribution in [0.2, 0.25) is 0 Å². The molecular formula is C13H17N5O2S. The summed E-state index contributed by atoms with van der Waals surface area (Å²) in [7, 11) is 5.33. The molecule has 112 valence electrons. The Kier molecular flexibility index (Phi) is 3.64. The fourth-order valence-corrected chi connectivity index (χ4v) is 3.40. The second-order valence-corrected chi connectivity index (χ2v) is 6.14. The lowest BCUT2D eigenvalue weighted by molar-refractivity contribution is 0.102. The van der Waals surface area contributed by atoms with Gasteiger partial charge in [-0.3, -0.25) is 14.8 Å². The number of methoxy groups -OCH3 is 1. The SMILES string of the molecule is COc1nn(C)cc1C(=O)Nc1nc2c(s1)CN(C)CC2. The predicted molar refractivity (Wildman–Crippen MR) is 79.9 cm³/mol. The van der Waals surface area contributed by atoms with E-state index in [-0.39, 0.29) is 5.91 Å². The quantitative estimate of drug-likeness (QED) is 0.920. The lowest BCUT2D eigenvalue weighted by Crippen LogP contribution is -2.25. The molecule has 0 saturated carbocycles. The first-order valence-corrected chi connectivity index (χ1v) is 7.44. The van der Waals surface area contributed by atoms with Crippen LogP contribution >= 0.6 is 11.3 Å². The van der Waals surface area contributed by atoms with E-state index >= 15 is 0 Å². The van der Waals surface area contributed by atoms with Crippen molar-refractivity contribution in [3.8, 4) is 5.88 Å². The lowest BCUT2D eigenvalue weighted by Gasteiger charge is -2.20. The number of aromatic nitrogens is 3. The Bertz CT molecular complexity index is 678. The van der Waals surface area contributed by atoms with E-state index in [9.17, 15) is 4.79 Å². The van der Waals surface area contributed by atoms with Crippen LogP contribution in [-0.4, -0.2) is 46.3 Å². The molecule has 3 heterocycles. The van der Waals surface area contributed by atoms with Gasteiger partial charge in [0.05, 0.1) is 12.8 Å². The van der Waals surface area contributed by atoms with Crippen molar-refractivity contribution in [2.75, 3.05) is 26.0 Å². The van der Waals surface area contributed by atoms with Crippen molar-refractivity contribution in [3.63, 3.8) is 0 Å². The van der Waals surface area contributed by atoms with Gasteiger partial charge in [0.2, 0.25) is 5.88 Å². The molecule has 0 spiro atoms. The van der Waals surface area contributed by atoms with Gasteiger partial charge in [-0.25, -0.2) is 4.98 Å². The van der Waals surface area contributed by atoms with Gasteiger partial charge in [0.1, 0.15) is 5.56 Å². The molecule has 3 rings (SSSR count). The van der Waals surface area contributed by atoms with Crippen molar-refractivity contribution in [1.29, 1.82) is 0 Å². The summed E-state index contributed by atoms with van der Waals surface area (Å²) in [6, 6.07) is 0. The van der Waals surface area contributed by atoms with E-state index < -0.39 is 0 Å². The van der Waals surface area contributed by atoms with Crippen molar-refractivity contribution in [2.45, 2.75) is 13.0 Å². The molecule has 0 saturated heterocycles. The zero-order valence-corrected chi connectivity index (χ0v) is 13.0. The van der Waals surface area contributed by atoms with Crippen LogP contribution in [0, 0.1) is 0 Å². The summed E-state index contributed by atoms with van der Waals surface area (Å²) >= 11 is 1.53. The second-order valence-electron chi connectivity index (χ2n) is 5.06. The summed E-state index contributed by atoms with van der Waals surface area (Å²) in [5, 5.41) is 7.54. The van der Waals surface area contributed by atoms with Gasteiger partial charge >= 0.3 is 0 Å². The number of nitrogens with zero attached hydrogens (tertiary/aromatic N) is 4. The third-order valence-corrected chi connectivity index (χ3v) is 4.37. The number of fused-ring (bicyclic) bond motifs is 1. The summed E-state index contributed by atoms with van der Waals surface area (Å²) in [6.45, 7) is 1.89. The summed E-state index contributed by atoms with van der Waals surface area (Å²) in [5.41, 5.74) is 1.50. The summed E-state index contributed by atoms with van der Waals surface area (Å²) in [6.07, 6.45) is 2.56. The van der Waals surface area contributed by atoms with Gasteiger partial charge in [0.15, 0.2) is 5.13 Å². The zero-order chi connectivity index (χ0) is 15.0. The van der Waals surface area contributed by atoms with Gasteiger partial charge < -0.3 is 9.64 Å². The standard InChI is InChI=1S/C13H17N5O2S/c1-17-5-4-9-10(7-17)21-13(14-9)15-11(19)8-6-18(2)16-12(8)20-3/h6H,4-5,7H2,1-3H3,(H,14,15,19). The topological polar surface area (TPSA) is 72.3 Å². The van der Waals surface area contributed by atoms with Crippen LogP contribution in [0.15, 0.2) is 6.20 Å². The van der Waals surface area contributed by atoms with Gasteiger partial charge in [-0.05, 0) is 7.05 Å². The number of nitrogens with one attached hydrogen (secondary N) is 1. The molecule has 0 bridgehead atoms. The average molecular weight is 307 g/mol. The second kappa shape index (κ2) is 5.45. The highest BCUT2D eigenvalue weighted by atomic mass is 32.1. The number of hydrogen-bond donors (Lipinski definition) is 1. The first-order valence-electron chi connectivity index (χ1n) is 6.63. The molecular weight excluding hydrogens is 290 g/mol. The fourth-order valence-electron chi connectivity index (χ4n) is 2.32. The number of anilines is 1. The van der Waals surface area contributed by atoms with Gasteiger partial charge in [0.25, 0.3) is 5.91 Å². The number of carbonyl (C=O) groups excluding carboxylic acids is 1. The molecule has 2 aromatic rings. The molecule has 0 aromatic carbocycles. The molecule has 0 radical (unpaired) electrons. The van der Waals surface area contributed by atoms with Crippen molar-refractivity contribution >= 4 is 22.4 Å². The smallest absolute Gasteiger partial charge is 0.264 e. The van der Waals surface area contributed by atoms with Crippen LogP contribution in [0.5, 0.6) is 5.88 Å². The number of rotatable bonds is 3. The molecule has 2 aromatic heterocycles. The molecule has 8 heteroatoms. The third kappa shape index (κ3) is 2.77. The Balaban J connectivity index is 1.79. The number of amides is 1. The maximum atomic E-state index is 12.3. The molecule has 1 N–H and O–H groups in total. The number of hydrogen-bond acceptors (Lipinski definition) is 6. The Hall–Kier alpha value is -1.93. The van der Waals surface area contributed by atoms with Crippen LogP contribution in [0.3, 0.4) is 0 Å². The lowest BCUT2D eigenvalue weighted by atomic mass is 10.2. The fraction of sp³-hybridized carbons (Fsp3) is 0.462. The van der Waals surface area contributed by atoms with E-state index in [1.165, 1.54) is 23.3 Å². The number of thiazole rings is 1. The van der Waals surface area contributed by atoms with E-state index in [1.807, 2.05) is 0 Å². The van der Waals surface area contributed by atoms with Gasteiger partial charge in [0, 0.05) is 37.6 Å². The summed E-state index contributed by atoms with van der Waals surface area (Å²) < 4.78 is 6.66. The Morgan fingerprint density at radius 3 is 3.05 bits per heavy atom. The van der Waals surface area contributed by atoms with E-state index in [0.717, 1.165) is 25.2 Å². The molecule has 0 fully saturated rings. The summed E-state index contributed by atoms with van der Waals surface area (Å²) in [5.74, 6) is 0.0652. The van der Waals surface area contributed by atoms with Crippen LogP contribution in [0.4, 0.5) is 5.13 Å². The molecule has 1 amide bonds. The van der Waals surface area contributed by atoms with Crippen LogP contribution in [-0.2, 0) is 20.0 Å². The van der Waals surface area contributed by atoms with Crippen molar-refractivity contribution < 1.29 is 9.53 Å². The average Bonchev–Trinajstić information content (AvgIpc) is 3.00. The number of likely N-dealkylation sites (N-methyl/N-ethyl adjacent to an activating group) is 1. The Morgan fingerprint density at radius 1 is 1.48 bits per heavy atom. The molecule has 7 nitrogen and oxygen atoms in total. The molecule has 21 heavy (non-hydrogen) atoms. The maximum Gasteiger partial charge on any atom is 0.264 e. The normalized spacial score (nSPS) is 14.8. The van der Waals surface area contributed by atoms with Crippen molar-refractivity contribution in [3.05, 3.63) is 22.3 Å². The number of aryl methyl sites for hydroxylation is 1. The molecule has 0 unspecified atom stereocenters. The molecule has 1 aliphatic rings. The van der Waals surface area contributed by atoms with E-state index in [2.05, 4.69) is 27.3 Å². The van der Waals surface area contributed by atoms with E-state index in [1.54, 1.807) is 17.9 Å². The minimum absolute atomic E-state index is 0.251. The zero-order valence-electron chi connectivity index (χ0n) is 12.2. The predicted octanol–water partition coefficient (Wildman–Crippen LogP) is 1.13. The first kappa shape index (κ1) is 14.0. The number of carbonyl (C=O) groups is 1. The molecule has 1 aliphatic heterocycles.